The number of hydrogen-bond donors (Lipinski definition) is 0. The summed E-state index contributed by atoms with van der Waals surface area (Å²) in [5, 5.41) is 0. The Kier molecular flexibility index (Phi) is 1.58. The molecular weight excluding hydrogens is 62.8 g/mol. The third kappa shape index (κ3) is 3.47. The Morgan fingerprint density at radius 2 is 2.20 bits per heavy atom. The number of rotatable bonds is 1. The van der Waals surface area contributed by atoms with Crippen molar-refractivity contribution in [1.29, 1.82) is 0 Å². The molecule has 0 aliphatic rings. The molecule has 0 aliphatic carbocycles. The van der Waals surface area contributed by atoms with E-state index >= 15 is 0 Å². The first-order valence-electron chi connectivity index (χ1n) is 1.40. The van der Waals surface area contributed by atoms with E-state index in [1.165, 1.54) is 13.9 Å². The van der Waals surface area contributed by atoms with E-state index in [1.807, 2.05) is 0 Å². The summed E-state index contributed by atoms with van der Waals surface area (Å²) in [6, 6.07) is 0. The average Bonchev–Trinajstić information content (AvgIpc) is 1.38. The lowest BCUT2D eigenvalue weighted by molar-refractivity contribution is -0.107. The molecule has 0 spiro atoms. The van der Waals surface area contributed by atoms with E-state index < -0.39 is 0 Å². The monoisotopic (exact) mass is 68.0 g/mol. The number of carbonyl (C=O) groups is 1. The predicted octanol–water partition coefficient (Wildman–Crippen LogP) is -0.668. The first-order valence-corrected chi connectivity index (χ1v) is 1.40. The molecule has 26 valence electrons. The minimum atomic E-state index is 0.0185. The summed E-state index contributed by atoms with van der Waals surface area (Å²) in [6.45, 7) is 3.21. The van der Waals surface area contributed by atoms with Gasteiger partial charge >= 0.3 is 0 Å². The molecule has 0 aromatic heterocycles. The van der Waals surface area contributed by atoms with Gasteiger partial charge in [-0.3, -0.25) is 0 Å². The van der Waals surface area contributed by atoms with Crippen molar-refractivity contribution < 1.29 is 4.79 Å². The fourth-order valence-corrected chi connectivity index (χ4v) is 0. The molecule has 0 unspecified atom stereocenters. The van der Waals surface area contributed by atoms with Gasteiger partial charge in [0, 0.05) is 0 Å². The van der Waals surface area contributed by atoms with Gasteiger partial charge in [0.15, 0.2) is 7.85 Å². The molecule has 0 heterocycles. The Hall–Kier alpha value is -0.525. The highest BCUT2D eigenvalue weighted by Gasteiger charge is 1.70. The van der Waals surface area contributed by atoms with Gasteiger partial charge in [-0.2, -0.15) is 0 Å². The van der Waals surface area contributed by atoms with Crippen LogP contribution in [0.4, 0.5) is 0 Å². The second-order valence-corrected chi connectivity index (χ2v) is 0.815. The van der Waals surface area contributed by atoms with Gasteiger partial charge in [0.2, 0.25) is 0 Å². The molecule has 5 heavy (non-hydrogen) atoms. The molecule has 2 heteroatoms. The Labute approximate surface area is 32.1 Å². The zero-order valence-corrected chi connectivity index (χ0v) is 3.19. The first-order chi connectivity index (χ1) is 2.27. The number of carbonyl (C=O) groups excluding carboxylic acids is 1. The molecule has 0 aliphatic heterocycles. The standard InChI is InChI=1S/C3H5BO/c1-2-3(4)5/h2H,1,4H2. The van der Waals surface area contributed by atoms with Crippen molar-refractivity contribution in [1.82, 2.24) is 0 Å². The van der Waals surface area contributed by atoms with Crippen molar-refractivity contribution in [3.8, 4) is 0 Å². The van der Waals surface area contributed by atoms with E-state index in [0.717, 1.165) is 0 Å². The summed E-state index contributed by atoms with van der Waals surface area (Å²) in [5.41, 5.74) is 0.0185. The molecule has 0 amide bonds. The molecule has 0 atom stereocenters. The Morgan fingerprint density at radius 1 is 2.00 bits per heavy atom. The summed E-state index contributed by atoms with van der Waals surface area (Å²) >= 11 is 0. The van der Waals surface area contributed by atoms with Crippen LogP contribution in [-0.2, 0) is 4.79 Å². The SMILES string of the molecule is BC(=O)C=C. The van der Waals surface area contributed by atoms with E-state index in [1.54, 1.807) is 0 Å². The Bertz CT molecular complexity index is 57.9. The topological polar surface area (TPSA) is 17.1 Å². The van der Waals surface area contributed by atoms with Crippen LogP contribution in [0.3, 0.4) is 0 Å². The molecule has 1 nitrogen and oxygen atoms in total. The van der Waals surface area contributed by atoms with Crippen LogP contribution in [-0.4, -0.2) is 13.5 Å². The van der Waals surface area contributed by atoms with Crippen molar-refractivity contribution in [2.75, 3.05) is 0 Å². The maximum absolute atomic E-state index is 9.69. The Balaban J connectivity index is 3.20. The molecule has 0 saturated heterocycles. The Morgan fingerprint density at radius 3 is 2.20 bits per heavy atom. The number of allylic oxidation sites excluding steroid dienone is 1. The minimum Gasteiger partial charge on any atom is -0.307 e. The highest BCUT2D eigenvalue weighted by Crippen LogP contribution is 1.53. The lowest BCUT2D eigenvalue weighted by atomic mass is 10.0. The maximum Gasteiger partial charge on any atom is 0.192 e. The molecule has 0 aromatic rings. The largest absolute Gasteiger partial charge is 0.307 e. The zero-order chi connectivity index (χ0) is 4.28. The zero-order valence-electron chi connectivity index (χ0n) is 3.19. The van der Waals surface area contributed by atoms with E-state index in [0.29, 0.717) is 0 Å². The van der Waals surface area contributed by atoms with Gasteiger partial charge < -0.3 is 4.79 Å². The minimum absolute atomic E-state index is 0.0185. The molecule has 0 N–H and O–H groups in total. The fraction of sp³-hybridized carbons (Fsp3) is 0. The van der Waals surface area contributed by atoms with Crippen LogP contribution in [0.2, 0.25) is 0 Å². The van der Waals surface area contributed by atoms with Crippen molar-refractivity contribution >= 4 is 13.5 Å². The van der Waals surface area contributed by atoms with Crippen molar-refractivity contribution in [3.63, 3.8) is 0 Å². The van der Waals surface area contributed by atoms with Gasteiger partial charge in [-0.1, -0.05) is 6.58 Å². The summed E-state index contributed by atoms with van der Waals surface area (Å²) in [7, 11) is 1.47. The summed E-state index contributed by atoms with van der Waals surface area (Å²) in [6.07, 6.45) is 1.28. The summed E-state index contributed by atoms with van der Waals surface area (Å²) < 4.78 is 0. The molecule has 0 bridgehead atoms. The lowest BCUT2D eigenvalue weighted by Crippen LogP contribution is -1.84. The lowest BCUT2D eigenvalue weighted by Gasteiger charge is -1.62. The van der Waals surface area contributed by atoms with Crippen LogP contribution >= 0.6 is 0 Å². The van der Waals surface area contributed by atoms with Gasteiger partial charge in [-0.15, -0.1) is 0 Å². The van der Waals surface area contributed by atoms with E-state index in [4.69, 9.17) is 0 Å². The fourth-order valence-electron chi connectivity index (χ4n) is 0. The van der Waals surface area contributed by atoms with E-state index in [2.05, 4.69) is 6.58 Å². The molecule has 0 radical (unpaired) electrons. The number of hydrogen-bond acceptors (Lipinski definition) is 1. The second kappa shape index (κ2) is 1.76. The smallest absolute Gasteiger partial charge is 0.192 e. The summed E-state index contributed by atoms with van der Waals surface area (Å²) in [5.74, 6) is 0. The average molecular weight is 67.9 g/mol. The van der Waals surface area contributed by atoms with Crippen LogP contribution in [0, 0.1) is 0 Å². The predicted molar refractivity (Wildman–Crippen MR) is 23.7 cm³/mol. The molecule has 0 fully saturated rings. The quantitative estimate of drug-likeness (QED) is 0.294. The van der Waals surface area contributed by atoms with Gasteiger partial charge in [0.05, 0.1) is 0 Å². The van der Waals surface area contributed by atoms with E-state index in [9.17, 15) is 4.79 Å². The highest BCUT2D eigenvalue weighted by atomic mass is 16.1. The molecular formula is C3H5BO. The maximum atomic E-state index is 9.69. The van der Waals surface area contributed by atoms with Crippen LogP contribution in [0.25, 0.3) is 0 Å². The van der Waals surface area contributed by atoms with E-state index in [-0.39, 0.29) is 5.68 Å². The molecule has 0 aromatic carbocycles. The van der Waals surface area contributed by atoms with Crippen molar-refractivity contribution in [2.45, 2.75) is 0 Å². The first kappa shape index (κ1) is 4.47. The van der Waals surface area contributed by atoms with Crippen molar-refractivity contribution in [2.24, 2.45) is 0 Å². The molecule has 0 rings (SSSR count). The van der Waals surface area contributed by atoms with Crippen molar-refractivity contribution in [3.05, 3.63) is 12.7 Å². The second-order valence-electron chi connectivity index (χ2n) is 0.815. The van der Waals surface area contributed by atoms with Crippen LogP contribution in [0.15, 0.2) is 12.7 Å². The normalized spacial score (nSPS) is 6.40. The van der Waals surface area contributed by atoms with Gasteiger partial charge in [0.1, 0.15) is 5.68 Å². The van der Waals surface area contributed by atoms with Gasteiger partial charge in [-0.05, 0) is 6.08 Å². The molecule has 0 saturated carbocycles. The highest BCUT2D eigenvalue weighted by molar-refractivity contribution is 6.60. The third-order valence-electron chi connectivity index (χ3n) is 0.287. The van der Waals surface area contributed by atoms with Gasteiger partial charge in [-0.25, -0.2) is 0 Å². The van der Waals surface area contributed by atoms with Crippen LogP contribution in [0.1, 0.15) is 0 Å². The summed E-state index contributed by atoms with van der Waals surface area (Å²) in [4.78, 5) is 9.69. The van der Waals surface area contributed by atoms with Crippen LogP contribution < -0.4 is 0 Å². The third-order valence-corrected chi connectivity index (χ3v) is 0.287. The van der Waals surface area contributed by atoms with Crippen LogP contribution in [0.5, 0.6) is 0 Å². The van der Waals surface area contributed by atoms with Gasteiger partial charge in [0.25, 0.3) is 0 Å².